The fourth-order valence-electron chi connectivity index (χ4n) is 2.93. The van der Waals surface area contributed by atoms with Crippen LogP contribution >= 0.6 is 0 Å². The molecule has 0 aliphatic carbocycles. The summed E-state index contributed by atoms with van der Waals surface area (Å²) in [4.78, 5) is 12.0. The Morgan fingerprint density at radius 1 is 0.844 bits per heavy atom. The van der Waals surface area contributed by atoms with E-state index in [2.05, 4.69) is 20.8 Å². The summed E-state index contributed by atoms with van der Waals surface area (Å²) in [6.07, 6.45) is 1.34. The van der Waals surface area contributed by atoms with Crippen LogP contribution < -0.4 is 10.2 Å². The van der Waals surface area contributed by atoms with E-state index in [0.717, 1.165) is 16.5 Å². The number of amides is 1. The molecule has 0 saturated heterocycles. The second-order valence-electron chi connectivity index (χ2n) is 6.87. The molecular formula is C25H20N4O3. The van der Waals surface area contributed by atoms with Crippen LogP contribution in [0, 0.1) is 0 Å². The van der Waals surface area contributed by atoms with Gasteiger partial charge >= 0.3 is 0 Å². The molecule has 32 heavy (non-hydrogen) atoms. The quantitative estimate of drug-likeness (QED) is 0.233. The highest BCUT2D eigenvalue weighted by Crippen LogP contribution is 2.24. The maximum Gasteiger partial charge on any atom is 0.277 e. The topological polar surface area (TPSA) is 95.6 Å². The molecule has 0 bridgehead atoms. The van der Waals surface area contributed by atoms with E-state index >= 15 is 0 Å². The predicted molar refractivity (Wildman–Crippen MR) is 124 cm³/mol. The number of rotatable bonds is 7. The summed E-state index contributed by atoms with van der Waals surface area (Å²) in [6.45, 7) is -0.188. The van der Waals surface area contributed by atoms with Gasteiger partial charge in [0.2, 0.25) is 0 Å². The fraction of sp³-hybridized carbons (Fsp3) is 0.0400. The number of nitrogens with zero attached hydrogens (tertiary/aromatic N) is 3. The van der Waals surface area contributed by atoms with Gasteiger partial charge in [-0.25, -0.2) is 5.43 Å². The average molecular weight is 424 g/mol. The molecule has 0 radical (unpaired) electrons. The van der Waals surface area contributed by atoms with Crippen LogP contribution in [0.2, 0.25) is 0 Å². The fourth-order valence-corrected chi connectivity index (χ4v) is 2.93. The molecule has 7 heteroatoms. The van der Waals surface area contributed by atoms with E-state index in [0.29, 0.717) is 17.0 Å². The summed E-state index contributed by atoms with van der Waals surface area (Å²) in [5.41, 5.74) is 4.04. The van der Waals surface area contributed by atoms with E-state index in [9.17, 15) is 9.90 Å². The van der Waals surface area contributed by atoms with Crippen molar-refractivity contribution in [2.45, 2.75) is 0 Å². The van der Waals surface area contributed by atoms with Gasteiger partial charge in [-0.1, -0.05) is 48.5 Å². The van der Waals surface area contributed by atoms with Crippen LogP contribution in [0.15, 0.2) is 106 Å². The molecule has 2 N–H and O–H groups in total. The van der Waals surface area contributed by atoms with E-state index in [4.69, 9.17) is 4.74 Å². The Kier molecular flexibility index (Phi) is 6.48. The van der Waals surface area contributed by atoms with Crippen molar-refractivity contribution in [3.05, 3.63) is 96.6 Å². The Bertz CT molecular complexity index is 1290. The minimum Gasteiger partial charge on any atom is -0.507 e. The Morgan fingerprint density at radius 3 is 2.44 bits per heavy atom. The largest absolute Gasteiger partial charge is 0.507 e. The Balaban J connectivity index is 1.33. The van der Waals surface area contributed by atoms with Crippen LogP contribution in [-0.2, 0) is 4.79 Å². The number of fused-ring (bicyclic) bond motifs is 1. The first-order chi connectivity index (χ1) is 15.7. The Hall–Kier alpha value is -4.52. The van der Waals surface area contributed by atoms with Crippen LogP contribution in [0.4, 0.5) is 11.4 Å². The second-order valence-corrected chi connectivity index (χ2v) is 6.87. The lowest BCUT2D eigenvalue weighted by molar-refractivity contribution is -0.123. The van der Waals surface area contributed by atoms with Crippen LogP contribution in [0.1, 0.15) is 5.56 Å². The number of azo groups is 1. The summed E-state index contributed by atoms with van der Waals surface area (Å²) in [7, 11) is 0. The number of carbonyl (C=O) groups excluding carboxylic acids is 1. The van der Waals surface area contributed by atoms with E-state index in [-0.39, 0.29) is 12.4 Å². The highest BCUT2D eigenvalue weighted by Gasteiger charge is 2.04. The lowest BCUT2D eigenvalue weighted by Crippen LogP contribution is -2.24. The van der Waals surface area contributed by atoms with Gasteiger partial charge < -0.3 is 9.84 Å². The molecule has 0 heterocycles. The number of ether oxygens (including phenoxy) is 1. The van der Waals surface area contributed by atoms with Gasteiger partial charge in [-0.2, -0.15) is 15.3 Å². The summed E-state index contributed by atoms with van der Waals surface area (Å²) >= 11 is 0. The third-order valence-corrected chi connectivity index (χ3v) is 4.53. The van der Waals surface area contributed by atoms with Crippen molar-refractivity contribution in [2.75, 3.05) is 6.61 Å². The first-order valence-electron chi connectivity index (χ1n) is 9.91. The van der Waals surface area contributed by atoms with Gasteiger partial charge in [-0.15, -0.1) is 0 Å². The number of hydrazone groups is 1. The molecule has 4 rings (SSSR count). The molecule has 0 unspecified atom stereocenters. The molecule has 158 valence electrons. The minimum absolute atomic E-state index is 0.00840. The Labute approximate surface area is 184 Å². The van der Waals surface area contributed by atoms with Crippen LogP contribution in [-0.4, -0.2) is 23.8 Å². The Morgan fingerprint density at radius 2 is 1.59 bits per heavy atom. The highest BCUT2D eigenvalue weighted by molar-refractivity contribution is 5.87. The summed E-state index contributed by atoms with van der Waals surface area (Å²) < 4.78 is 5.53. The monoisotopic (exact) mass is 424 g/mol. The predicted octanol–water partition coefficient (Wildman–Crippen LogP) is 5.49. The summed E-state index contributed by atoms with van der Waals surface area (Å²) in [5, 5.41) is 24.3. The van der Waals surface area contributed by atoms with Crippen molar-refractivity contribution in [1.29, 1.82) is 0 Å². The number of hydrogen-bond acceptors (Lipinski definition) is 6. The third-order valence-electron chi connectivity index (χ3n) is 4.53. The van der Waals surface area contributed by atoms with Crippen molar-refractivity contribution >= 4 is 34.3 Å². The maximum absolute atomic E-state index is 12.0. The zero-order valence-electron chi connectivity index (χ0n) is 17.1. The van der Waals surface area contributed by atoms with Gasteiger partial charge in [-0.05, 0) is 53.2 Å². The van der Waals surface area contributed by atoms with Crippen molar-refractivity contribution in [2.24, 2.45) is 15.3 Å². The molecule has 0 fully saturated rings. The third kappa shape index (κ3) is 5.54. The smallest absolute Gasteiger partial charge is 0.277 e. The molecule has 0 aliphatic rings. The lowest BCUT2D eigenvalue weighted by Gasteiger charge is -2.06. The molecule has 0 aliphatic heterocycles. The van der Waals surface area contributed by atoms with E-state index < -0.39 is 5.91 Å². The number of phenolic OH excluding ortho intramolecular Hbond substituents is 1. The molecular weight excluding hydrogens is 404 g/mol. The zero-order valence-corrected chi connectivity index (χ0v) is 17.1. The summed E-state index contributed by atoms with van der Waals surface area (Å²) in [6, 6.07) is 27.6. The standard InChI is InChI=1S/C25H20N4O3/c30-24-13-11-22(28-27-21-8-2-1-3-9-21)14-20(24)16-26-29-25(31)17-32-23-12-10-18-6-4-5-7-19(18)15-23/h1-16,30H,17H2,(H,29,31)/b26-16-,28-27?. The number of nitrogens with one attached hydrogen (secondary N) is 1. The molecule has 0 spiro atoms. The lowest BCUT2D eigenvalue weighted by atomic mass is 10.1. The van der Waals surface area contributed by atoms with Crippen molar-refractivity contribution < 1.29 is 14.6 Å². The zero-order chi connectivity index (χ0) is 22.2. The number of carbonyl (C=O) groups is 1. The first kappa shape index (κ1) is 20.7. The normalized spacial score (nSPS) is 11.2. The van der Waals surface area contributed by atoms with Crippen LogP contribution in [0.25, 0.3) is 10.8 Å². The molecule has 4 aromatic carbocycles. The van der Waals surface area contributed by atoms with E-state index in [1.54, 1.807) is 12.1 Å². The van der Waals surface area contributed by atoms with Gasteiger partial charge in [0.25, 0.3) is 5.91 Å². The van der Waals surface area contributed by atoms with Crippen LogP contribution in [0.3, 0.4) is 0 Å². The van der Waals surface area contributed by atoms with Crippen molar-refractivity contribution in [3.63, 3.8) is 0 Å². The first-order valence-corrected chi connectivity index (χ1v) is 9.91. The van der Waals surface area contributed by atoms with Gasteiger partial charge in [0.1, 0.15) is 11.5 Å². The van der Waals surface area contributed by atoms with Crippen molar-refractivity contribution in [3.8, 4) is 11.5 Å². The van der Waals surface area contributed by atoms with E-state index in [1.165, 1.54) is 12.3 Å². The molecule has 4 aromatic rings. The molecule has 0 aromatic heterocycles. The second kappa shape index (κ2) is 9.99. The van der Waals surface area contributed by atoms with Gasteiger partial charge in [0.05, 0.1) is 17.6 Å². The van der Waals surface area contributed by atoms with Gasteiger partial charge in [0, 0.05) is 5.56 Å². The van der Waals surface area contributed by atoms with Crippen molar-refractivity contribution in [1.82, 2.24) is 5.43 Å². The molecule has 0 saturated carbocycles. The van der Waals surface area contributed by atoms with Gasteiger partial charge in [0.15, 0.2) is 6.61 Å². The maximum atomic E-state index is 12.0. The SMILES string of the molecule is O=C(COc1ccc2ccccc2c1)N/N=C\c1cc(N=Nc2ccccc2)ccc1O. The number of phenols is 1. The highest BCUT2D eigenvalue weighted by atomic mass is 16.5. The van der Waals surface area contributed by atoms with Gasteiger partial charge in [-0.3, -0.25) is 4.79 Å². The van der Waals surface area contributed by atoms with E-state index in [1.807, 2.05) is 72.8 Å². The minimum atomic E-state index is -0.422. The number of benzene rings is 4. The van der Waals surface area contributed by atoms with Crippen LogP contribution in [0.5, 0.6) is 11.5 Å². The molecule has 1 amide bonds. The number of aromatic hydroxyl groups is 1. The number of hydrogen-bond donors (Lipinski definition) is 2. The molecule has 7 nitrogen and oxygen atoms in total. The summed E-state index contributed by atoms with van der Waals surface area (Å²) in [5.74, 6) is 0.180. The average Bonchev–Trinajstić information content (AvgIpc) is 2.83. The molecule has 0 atom stereocenters.